The zero-order valence-corrected chi connectivity index (χ0v) is 14.4. The minimum Gasteiger partial charge on any atom is -0.368 e. The second kappa shape index (κ2) is 8.01. The van der Waals surface area contributed by atoms with E-state index in [9.17, 15) is 0 Å². The lowest BCUT2D eigenvalue weighted by molar-refractivity contribution is 0.798. The van der Waals surface area contributed by atoms with E-state index in [0.29, 0.717) is 15.4 Å². The van der Waals surface area contributed by atoms with E-state index in [2.05, 4.69) is 25.9 Å². The van der Waals surface area contributed by atoms with E-state index in [1.165, 1.54) is 28.2 Å². The zero-order valence-electron chi connectivity index (χ0n) is 12.0. The zero-order chi connectivity index (χ0) is 15.9. The topological polar surface area (TPSA) is 93.1 Å². The Kier molecular flexibility index (Phi) is 6.04. The number of nitrogen functional groups attached to an aromatic ring is 1. The van der Waals surface area contributed by atoms with E-state index in [4.69, 9.17) is 18.0 Å². The Labute approximate surface area is 142 Å². The minimum atomic E-state index is 0.231. The number of anilines is 1. The Hall–Kier alpha value is -1.78. The molecule has 0 atom stereocenters. The van der Waals surface area contributed by atoms with Crippen LogP contribution in [-0.2, 0) is 0 Å². The van der Waals surface area contributed by atoms with Crippen LogP contribution in [0.25, 0.3) is 0 Å². The van der Waals surface area contributed by atoms with Gasteiger partial charge in [0.05, 0.1) is 5.69 Å². The molecule has 0 aliphatic carbocycles. The van der Waals surface area contributed by atoms with Crippen molar-refractivity contribution in [3.8, 4) is 0 Å². The maximum atomic E-state index is 5.77. The van der Waals surface area contributed by atoms with Crippen LogP contribution in [0, 0.1) is 0 Å². The van der Waals surface area contributed by atoms with E-state index < -0.39 is 0 Å². The summed E-state index contributed by atoms with van der Waals surface area (Å²) in [5.41, 5.74) is 12.4. The van der Waals surface area contributed by atoms with Gasteiger partial charge in [-0.05, 0) is 36.9 Å². The van der Waals surface area contributed by atoms with E-state index in [0.717, 1.165) is 5.69 Å². The highest BCUT2D eigenvalue weighted by atomic mass is 32.2. The molecule has 1 aromatic heterocycles. The molecule has 0 spiro atoms. The molecule has 0 saturated heterocycles. The van der Waals surface area contributed by atoms with Crippen molar-refractivity contribution < 1.29 is 0 Å². The van der Waals surface area contributed by atoms with Gasteiger partial charge in [-0.25, -0.2) is 4.99 Å². The first-order valence-electron chi connectivity index (χ1n) is 6.14. The largest absolute Gasteiger partial charge is 0.368 e. The molecule has 2 aromatic rings. The highest BCUT2D eigenvalue weighted by molar-refractivity contribution is 8.13. The highest BCUT2D eigenvalue weighted by Gasteiger charge is 2.10. The van der Waals surface area contributed by atoms with Crippen molar-refractivity contribution in [1.82, 2.24) is 25.6 Å². The monoisotopic (exact) mass is 353 g/mol. The Balaban J connectivity index is 2.02. The minimum absolute atomic E-state index is 0.231. The molecular formula is C12H15N7S3. The maximum Gasteiger partial charge on any atom is 0.226 e. The number of hydrazine groups is 1. The second-order valence-electron chi connectivity index (χ2n) is 3.88. The lowest BCUT2D eigenvalue weighted by atomic mass is 10.3. The number of nitrogens with zero attached hydrogens (tertiary/aromatic N) is 4. The number of para-hydroxylation sites is 1. The molecule has 0 aliphatic heterocycles. The third-order valence-corrected chi connectivity index (χ3v) is 3.84. The fourth-order valence-electron chi connectivity index (χ4n) is 1.44. The van der Waals surface area contributed by atoms with Gasteiger partial charge in [-0.15, -0.1) is 5.10 Å². The molecular weight excluding hydrogens is 338 g/mol. The number of aromatic nitrogens is 3. The molecule has 0 radical (unpaired) electrons. The number of thiocarbonyl (C=S) groups is 1. The van der Waals surface area contributed by atoms with Crippen LogP contribution in [0.4, 0.5) is 11.6 Å². The summed E-state index contributed by atoms with van der Waals surface area (Å²) in [6, 6.07) is 9.62. The smallest absolute Gasteiger partial charge is 0.226 e. The average Bonchev–Trinajstić information content (AvgIpc) is 2.93. The van der Waals surface area contributed by atoms with Crippen LogP contribution in [0.2, 0.25) is 0 Å². The van der Waals surface area contributed by atoms with E-state index >= 15 is 0 Å². The van der Waals surface area contributed by atoms with Crippen LogP contribution in [0.1, 0.15) is 0 Å². The number of thioether (sulfide) groups is 2. The summed E-state index contributed by atoms with van der Waals surface area (Å²) >= 11 is 8.08. The first kappa shape index (κ1) is 16.6. The van der Waals surface area contributed by atoms with E-state index in [1.807, 2.05) is 42.8 Å². The molecule has 7 nitrogen and oxygen atoms in total. The fraction of sp³-hybridized carbons (Fsp3) is 0.167. The molecule has 0 saturated carbocycles. The van der Waals surface area contributed by atoms with Crippen molar-refractivity contribution in [3.63, 3.8) is 0 Å². The number of nitrogens with one attached hydrogen (secondary N) is 2. The van der Waals surface area contributed by atoms with Gasteiger partial charge in [-0.1, -0.05) is 41.7 Å². The standard InChI is InChI=1S/C12H15N7S3/c1-21-10(14-8-6-4-3-5-7-8)16-17-12(20)19-9(13)15-11(18-19)22-2/h3-7H,1-2H3,(H,14,16)(H,17,20)(H2,13,15,18). The van der Waals surface area contributed by atoms with Crippen molar-refractivity contribution in [2.45, 2.75) is 5.16 Å². The second-order valence-corrected chi connectivity index (χ2v) is 5.84. The van der Waals surface area contributed by atoms with Gasteiger partial charge >= 0.3 is 0 Å². The van der Waals surface area contributed by atoms with Crippen molar-refractivity contribution in [3.05, 3.63) is 30.3 Å². The summed E-state index contributed by atoms with van der Waals surface area (Å²) in [5, 5.41) is 5.68. The van der Waals surface area contributed by atoms with Gasteiger partial charge in [-0.2, -0.15) is 9.67 Å². The molecule has 10 heteroatoms. The molecule has 2 rings (SSSR count). The van der Waals surface area contributed by atoms with Crippen LogP contribution in [0.15, 0.2) is 40.5 Å². The lowest BCUT2D eigenvalue weighted by Crippen LogP contribution is -2.43. The maximum absolute atomic E-state index is 5.77. The summed E-state index contributed by atoms with van der Waals surface area (Å²) in [4.78, 5) is 8.52. The van der Waals surface area contributed by atoms with Crippen molar-refractivity contribution in [1.29, 1.82) is 0 Å². The van der Waals surface area contributed by atoms with Crippen molar-refractivity contribution in [2.24, 2.45) is 4.99 Å². The van der Waals surface area contributed by atoms with Crippen LogP contribution in [-0.4, -0.2) is 37.6 Å². The lowest BCUT2D eigenvalue weighted by Gasteiger charge is -2.11. The Morgan fingerprint density at radius 1 is 1.27 bits per heavy atom. The summed E-state index contributed by atoms with van der Waals surface area (Å²) in [6.07, 6.45) is 3.78. The predicted octanol–water partition coefficient (Wildman–Crippen LogP) is 1.86. The van der Waals surface area contributed by atoms with Gasteiger partial charge in [0.25, 0.3) is 0 Å². The summed E-state index contributed by atoms with van der Waals surface area (Å²) in [5.74, 6) is 0.231. The van der Waals surface area contributed by atoms with Crippen LogP contribution < -0.4 is 16.6 Å². The molecule has 1 heterocycles. The number of aliphatic imine (C=N–C) groups is 1. The molecule has 0 aliphatic rings. The molecule has 0 amide bonds. The Morgan fingerprint density at radius 2 is 2.00 bits per heavy atom. The van der Waals surface area contributed by atoms with Gasteiger partial charge in [0, 0.05) is 0 Å². The fourth-order valence-corrected chi connectivity index (χ4v) is 2.33. The summed E-state index contributed by atoms with van der Waals surface area (Å²) in [7, 11) is 0. The number of hydrogen-bond acceptors (Lipinski definition) is 7. The third-order valence-electron chi connectivity index (χ3n) is 2.44. The Bertz CT molecular complexity index is 669. The first-order valence-corrected chi connectivity index (χ1v) is 9.00. The third kappa shape index (κ3) is 4.36. The summed E-state index contributed by atoms with van der Waals surface area (Å²) < 4.78 is 1.36. The van der Waals surface area contributed by atoms with Crippen molar-refractivity contribution >= 4 is 57.7 Å². The molecule has 0 fully saturated rings. The first-order chi connectivity index (χ1) is 10.6. The van der Waals surface area contributed by atoms with Crippen LogP contribution >= 0.6 is 35.7 Å². The Morgan fingerprint density at radius 3 is 2.59 bits per heavy atom. The number of benzene rings is 1. The van der Waals surface area contributed by atoms with Crippen molar-refractivity contribution in [2.75, 3.05) is 18.2 Å². The number of nitrogens with two attached hydrogens (primary N) is 1. The average molecular weight is 354 g/mol. The van der Waals surface area contributed by atoms with Gasteiger partial charge in [0.1, 0.15) is 0 Å². The van der Waals surface area contributed by atoms with Crippen LogP contribution in [0.3, 0.4) is 0 Å². The molecule has 1 aromatic carbocycles. The van der Waals surface area contributed by atoms with E-state index in [1.54, 1.807) is 0 Å². The van der Waals surface area contributed by atoms with Gasteiger partial charge in [0.2, 0.25) is 16.2 Å². The normalized spacial score (nSPS) is 11.3. The quantitative estimate of drug-likeness (QED) is 0.248. The highest BCUT2D eigenvalue weighted by Crippen LogP contribution is 2.12. The summed E-state index contributed by atoms with van der Waals surface area (Å²) in [6.45, 7) is 0. The van der Waals surface area contributed by atoms with Crippen LogP contribution in [0.5, 0.6) is 0 Å². The number of rotatable bonds is 2. The number of amidine groups is 1. The van der Waals surface area contributed by atoms with Gasteiger partial charge in [0.15, 0.2) is 5.17 Å². The SMILES string of the molecule is CSC(=Nc1ccccc1)NNC(=S)n1nc(SC)nc1N. The molecule has 22 heavy (non-hydrogen) atoms. The molecule has 0 unspecified atom stereocenters. The number of hydrogen-bond donors (Lipinski definition) is 3. The van der Waals surface area contributed by atoms with E-state index in [-0.39, 0.29) is 5.95 Å². The molecule has 4 N–H and O–H groups in total. The van der Waals surface area contributed by atoms with Gasteiger partial charge in [-0.3, -0.25) is 10.9 Å². The predicted molar refractivity (Wildman–Crippen MR) is 97.5 cm³/mol. The molecule has 116 valence electrons. The van der Waals surface area contributed by atoms with Gasteiger partial charge < -0.3 is 5.73 Å². The molecule has 0 bridgehead atoms.